The number of aromatic nitrogens is 1. The standard InChI is InChI=1S/C29H34N4O3/c1-32-14-10-21(11-15-32)20-3-5-23(6-4-20)33(2)24-7-8-25-22(12-16-36-28(25)17-24)18-31-27-19-30-13-9-26(27)29(34)35/h3-9,13,17,19,21-22,31H,10-12,14-16,18H2,1-2H3,(H,34,35)/t22-/m0/s1. The number of nitrogens with one attached hydrogen (secondary N) is 1. The third-order valence-corrected chi connectivity index (χ3v) is 7.61. The Kier molecular flexibility index (Phi) is 7.09. The van der Waals surface area contributed by atoms with E-state index in [1.807, 2.05) is 0 Å². The lowest BCUT2D eigenvalue weighted by molar-refractivity contribution is 0.0697. The molecule has 7 nitrogen and oxygen atoms in total. The van der Waals surface area contributed by atoms with Gasteiger partial charge in [-0.1, -0.05) is 18.2 Å². The van der Waals surface area contributed by atoms with Crippen LogP contribution in [0.25, 0.3) is 0 Å². The quantitative estimate of drug-likeness (QED) is 0.467. The summed E-state index contributed by atoms with van der Waals surface area (Å²) in [4.78, 5) is 20.2. The molecule has 36 heavy (non-hydrogen) atoms. The minimum Gasteiger partial charge on any atom is -0.493 e. The molecule has 188 valence electrons. The Hall–Kier alpha value is -3.58. The summed E-state index contributed by atoms with van der Waals surface area (Å²) in [5, 5.41) is 12.7. The van der Waals surface area contributed by atoms with E-state index in [0.717, 1.165) is 29.1 Å². The average Bonchev–Trinajstić information content (AvgIpc) is 2.91. The lowest BCUT2D eigenvalue weighted by atomic mass is 9.89. The average molecular weight is 487 g/mol. The van der Waals surface area contributed by atoms with Crippen LogP contribution in [0.5, 0.6) is 5.75 Å². The summed E-state index contributed by atoms with van der Waals surface area (Å²) < 4.78 is 6.04. The fourth-order valence-corrected chi connectivity index (χ4v) is 5.29. The predicted molar refractivity (Wildman–Crippen MR) is 143 cm³/mol. The van der Waals surface area contributed by atoms with E-state index in [9.17, 15) is 9.90 Å². The molecule has 0 radical (unpaired) electrons. The fraction of sp³-hybridized carbons (Fsp3) is 0.379. The van der Waals surface area contributed by atoms with Gasteiger partial charge >= 0.3 is 5.97 Å². The number of rotatable bonds is 7. The van der Waals surface area contributed by atoms with Crippen LogP contribution in [-0.4, -0.2) is 61.3 Å². The number of carbonyl (C=O) groups is 1. The van der Waals surface area contributed by atoms with E-state index in [0.29, 0.717) is 24.8 Å². The molecule has 1 atom stereocenters. The number of hydrogen-bond donors (Lipinski definition) is 2. The molecule has 0 saturated carbocycles. The number of fused-ring (bicyclic) bond motifs is 1. The molecule has 2 aliphatic heterocycles. The van der Waals surface area contributed by atoms with Crippen molar-refractivity contribution >= 4 is 23.0 Å². The lowest BCUT2D eigenvalue weighted by Gasteiger charge is -2.30. The van der Waals surface area contributed by atoms with Crippen molar-refractivity contribution < 1.29 is 14.6 Å². The topological polar surface area (TPSA) is 77.9 Å². The van der Waals surface area contributed by atoms with Gasteiger partial charge in [-0.05, 0) is 80.7 Å². The fourth-order valence-electron chi connectivity index (χ4n) is 5.29. The second kappa shape index (κ2) is 10.6. The van der Waals surface area contributed by atoms with Crippen molar-refractivity contribution in [3.8, 4) is 5.75 Å². The van der Waals surface area contributed by atoms with Gasteiger partial charge < -0.3 is 25.0 Å². The summed E-state index contributed by atoms with van der Waals surface area (Å²) >= 11 is 0. The van der Waals surface area contributed by atoms with E-state index in [4.69, 9.17) is 4.74 Å². The number of ether oxygens (including phenoxy) is 1. The highest BCUT2D eigenvalue weighted by Crippen LogP contribution is 2.38. The largest absolute Gasteiger partial charge is 0.493 e. The zero-order valence-corrected chi connectivity index (χ0v) is 21.0. The van der Waals surface area contributed by atoms with Gasteiger partial charge in [0.25, 0.3) is 0 Å². The summed E-state index contributed by atoms with van der Waals surface area (Å²) in [5.41, 5.74) is 5.58. The van der Waals surface area contributed by atoms with Crippen LogP contribution in [0.15, 0.2) is 60.9 Å². The van der Waals surface area contributed by atoms with Crippen LogP contribution in [-0.2, 0) is 0 Å². The number of anilines is 3. The Balaban J connectivity index is 1.27. The SMILES string of the molecule is CN1CCC(c2ccc(N(C)c3ccc4c(c3)OCC[C@H]4CNc3cnccc3C(=O)O)cc2)CC1. The highest BCUT2D eigenvalue weighted by atomic mass is 16.5. The van der Waals surface area contributed by atoms with Crippen molar-refractivity contribution in [3.05, 3.63) is 77.6 Å². The molecule has 2 aliphatic rings. The predicted octanol–water partition coefficient (Wildman–Crippen LogP) is 5.34. The van der Waals surface area contributed by atoms with Crippen LogP contribution >= 0.6 is 0 Å². The molecule has 3 heterocycles. The molecule has 7 heteroatoms. The Labute approximate surface area is 212 Å². The Bertz CT molecular complexity index is 1210. The van der Waals surface area contributed by atoms with Gasteiger partial charge in [0.05, 0.1) is 24.1 Å². The number of aromatic carboxylic acids is 1. The van der Waals surface area contributed by atoms with Gasteiger partial charge in [0.2, 0.25) is 0 Å². The molecule has 1 aromatic heterocycles. The van der Waals surface area contributed by atoms with Crippen LogP contribution in [0.2, 0.25) is 0 Å². The summed E-state index contributed by atoms with van der Waals surface area (Å²) in [6.07, 6.45) is 6.39. The summed E-state index contributed by atoms with van der Waals surface area (Å²) in [5.74, 6) is 0.814. The molecule has 0 aliphatic carbocycles. The van der Waals surface area contributed by atoms with Gasteiger partial charge in [0.1, 0.15) is 5.75 Å². The normalized spacial score (nSPS) is 18.2. The zero-order valence-electron chi connectivity index (χ0n) is 21.0. The Morgan fingerprint density at radius 3 is 2.61 bits per heavy atom. The summed E-state index contributed by atoms with van der Waals surface area (Å²) in [6, 6.07) is 16.9. The van der Waals surface area contributed by atoms with Crippen molar-refractivity contribution in [2.45, 2.75) is 31.1 Å². The van der Waals surface area contributed by atoms with Crippen molar-refractivity contribution in [2.24, 2.45) is 0 Å². The summed E-state index contributed by atoms with van der Waals surface area (Å²) in [7, 11) is 4.29. The van der Waals surface area contributed by atoms with Gasteiger partial charge in [-0.3, -0.25) is 4.98 Å². The van der Waals surface area contributed by atoms with Crippen LogP contribution < -0.4 is 15.0 Å². The lowest BCUT2D eigenvalue weighted by Crippen LogP contribution is -2.29. The molecule has 3 aromatic rings. The van der Waals surface area contributed by atoms with Crippen molar-refractivity contribution in [1.29, 1.82) is 0 Å². The molecular weight excluding hydrogens is 452 g/mol. The molecule has 1 fully saturated rings. The summed E-state index contributed by atoms with van der Waals surface area (Å²) in [6.45, 7) is 3.59. The van der Waals surface area contributed by atoms with Crippen LogP contribution in [0.3, 0.4) is 0 Å². The van der Waals surface area contributed by atoms with Gasteiger partial charge in [-0.2, -0.15) is 0 Å². The first-order valence-corrected chi connectivity index (χ1v) is 12.7. The van der Waals surface area contributed by atoms with Crippen molar-refractivity contribution in [3.63, 3.8) is 0 Å². The number of likely N-dealkylation sites (tertiary alicyclic amines) is 1. The molecule has 0 spiro atoms. The molecule has 2 N–H and O–H groups in total. The zero-order chi connectivity index (χ0) is 25.1. The van der Waals surface area contributed by atoms with E-state index < -0.39 is 5.97 Å². The second-order valence-electron chi connectivity index (χ2n) is 9.89. The maximum Gasteiger partial charge on any atom is 0.337 e. The molecule has 2 aromatic carbocycles. The van der Waals surface area contributed by atoms with Crippen molar-refractivity contribution in [2.75, 3.05) is 50.6 Å². The second-order valence-corrected chi connectivity index (χ2v) is 9.89. The van der Waals surface area contributed by atoms with Gasteiger partial charge in [-0.25, -0.2) is 4.79 Å². The van der Waals surface area contributed by atoms with Gasteiger partial charge in [-0.15, -0.1) is 0 Å². The van der Waals surface area contributed by atoms with Gasteiger partial charge in [0, 0.05) is 43.1 Å². The van der Waals surface area contributed by atoms with Crippen LogP contribution in [0.4, 0.5) is 17.1 Å². The maximum atomic E-state index is 11.5. The number of benzene rings is 2. The molecule has 5 rings (SSSR count). The molecule has 0 amide bonds. The van der Waals surface area contributed by atoms with Crippen LogP contribution in [0, 0.1) is 0 Å². The number of hydrogen-bond acceptors (Lipinski definition) is 6. The monoisotopic (exact) mass is 486 g/mol. The molecular formula is C29H34N4O3. The Morgan fingerprint density at radius 1 is 1.11 bits per heavy atom. The van der Waals surface area contributed by atoms with E-state index in [-0.39, 0.29) is 11.5 Å². The molecule has 0 bridgehead atoms. The first-order valence-electron chi connectivity index (χ1n) is 12.7. The highest BCUT2D eigenvalue weighted by Gasteiger charge is 2.23. The number of pyridine rings is 1. The number of piperidine rings is 1. The molecule has 0 unspecified atom stereocenters. The first-order chi connectivity index (χ1) is 17.5. The molecule has 1 saturated heterocycles. The van der Waals surface area contributed by atoms with E-state index >= 15 is 0 Å². The smallest absolute Gasteiger partial charge is 0.337 e. The minimum atomic E-state index is -0.959. The third kappa shape index (κ3) is 5.16. The highest BCUT2D eigenvalue weighted by molar-refractivity contribution is 5.93. The minimum absolute atomic E-state index is 0.226. The van der Waals surface area contributed by atoms with E-state index in [1.165, 1.54) is 43.8 Å². The van der Waals surface area contributed by atoms with E-state index in [1.54, 1.807) is 6.20 Å². The third-order valence-electron chi connectivity index (χ3n) is 7.61. The maximum absolute atomic E-state index is 11.5. The first kappa shape index (κ1) is 24.1. The van der Waals surface area contributed by atoms with E-state index in [2.05, 4.69) is 76.7 Å². The number of carboxylic acid groups (broad SMARTS) is 1. The number of nitrogens with zero attached hydrogens (tertiary/aromatic N) is 3. The Morgan fingerprint density at radius 2 is 1.86 bits per heavy atom. The number of carboxylic acids is 1. The van der Waals surface area contributed by atoms with Crippen LogP contribution in [0.1, 0.15) is 52.6 Å². The van der Waals surface area contributed by atoms with Gasteiger partial charge in [0.15, 0.2) is 0 Å². The van der Waals surface area contributed by atoms with Crippen molar-refractivity contribution in [1.82, 2.24) is 9.88 Å².